The highest BCUT2D eigenvalue weighted by Crippen LogP contribution is 2.41. The summed E-state index contributed by atoms with van der Waals surface area (Å²) in [6, 6.07) is 9.48. The first kappa shape index (κ1) is 15.5. The van der Waals surface area contributed by atoms with Crippen LogP contribution in [0.2, 0.25) is 0 Å². The number of amides is 1. The van der Waals surface area contributed by atoms with Crippen molar-refractivity contribution in [3.63, 3.8) is 0 Å². The van der Waals surface area contributed by atoms with Gasteiger partial charge in [-0.1, -0.05) is 37.3 Å². The summed E-state index contributed by atoms with van der Waals surface area (Å²) < 4.78 is 4.80. The first-order valence-corrected chi connectivity index (χ1v) is 7.72. The van der Waals surface area contributed by atoms with E-state index in [0.717, 1.165) is 5.56 Å². The fourth-order valence-electron chi connectivity index (χ4n) is 3.57. The van der Waals surface area contributed by atoms with Gasteiger partial charge < -0.3 is 10.1 Å². The Kier molecular flexibility index (Phi) is 4.03. The smallest absolute Gasteiger partial charge is 0.316 e. The number of allylic oxidation sites excluding steroid dienone is 2. The van der Waals surface area contributed by atoms with E-state index < -0.39 is 11.9 Å². The van der Waals surface area contributed by atoms with Gasteiger partial charge in [-0.05, 0) is 17.9 Å². The van der Waals surface area contributed by atoms with Crippen LogP contribution in [0.5, 0.6) is 0 Å². The van der Waals surface area contributed by atoms with Gasteiger partial charge in [-0.3, -0.25) is 14.4 Å². The van der Waals surface area contributed by atoms with E-state index in [1.54, 1.807) is 0 Å². The van der Waals surface area contributed by atoms with Gasteiger partial charge in [0.1, 0.15) is 5.92 Å². The van der Waals surface area contributed by atoms with Crippen LogP contribution in [0.4, 0.5) is 0 Å². The van der Waals surface area contributed by atoms with Crippen LogP contribution in [0.15, 0.2) is 41.6 Å². The van der Waals surface area contributed by atoms with Gasteiger partial charge >= 0.3 is 5.97 Å². The van der Waals surface area contributed by atoms with Gasteiger partial charge in [-0.15, -0.1) is 0 Å². The highest BCUT2D eigenvalue weighted by Gasteiger charge is 2.45. The van der Waals surface area contributed by atoms with E-state index in [2.05, 4.69) is 5.32 Å². The molecular formula is C18H19NO4. The highest BCUT2D eigenvalue weighted by atomic mass is 16.5. The molecule has 1 aromatic carbocycles. The zero-order valence-electron chi connectivity index (χ0n) is 13.2. The van der Waals surface area contributed by atoms with Crippen molar-refractivity contribution in [2.75, 3.05) is 7.11 Å². The van der Waals surface area contributed by atoms with E-state index in [9.17, 15) is 14.4 Å². The Bertz CT molecular complexity index is 692. The van der Waals surface area contributed by atoms with Gasteiger partial charge in [0.15, 0.2) is 5.78 Å². The first-order valence-electron chi connectivity index (χ1n) is 7.72. The normalized spacial score (nSPS) is 27.3. The summed E-state index contributed by atoms with van der Waals surface area (Å²) in [5, 5.41) is 2.82. The molecule has 2 aliphatic rings. The molecule has 1 aliphatic heterocycles. The average Bonchev–Trinajstić information content (AvgIpc) is 2.54. The second-order valence-electron chi connectivity index (χ2n) is 6.15. The topological polar surface area (TPSA) is 72.5 Å². The zero-order valence-corrected chi connectivity index (χ0v) is 13.2. The lowest BCUT2D eigenvalue weighted by Gasteiger charge is -2.36. The summed E-state index contributed by atoms with van der Waals surface area (Å²) in [7, 11) is 1.30. The monoisotopic (exact) mass is 313 g/mol. The lowest BCUT2D eigenvalue weighted by Crippen LogP contribution is -2.44. The fraction of sp³-hybridized carbons (Fsp3) is 0.389. The van der Waals surface area contributed by atoms with Crippen LogP contribution < -0.4 is 5.32 Å². The number of carbonyl (C=O) groups is 3. The molecule has 1 N–H and O–H groups in total. The number of hydrogen-bond donors (Lipinski definition) is 1. The fourth-order valence-corrected chi connectivity index (χ4v) is 3.57. The molecule has 0 aromatic heterocycles. The number of nitrogens with one attached hydrogen (secondary N) is 1. The molecule has 0 bridgehead atoms. The lowest BCUT2D eigenvalue weighted by molar-refractivity contribution is -0.151. The Morgan fingerprint density at radius 1 is 1.17 bits per heavy atom. The highest BCUT2D eigenvalue weighted by molar-refractivity contribution is 6.11. The average molecular weight is 313 g/mol. The Morgan fingerprint density at radius 2 is 1.87 bits per heavy atom. The molecule has 3 atom stereocenters. The molecule has 5 nitrogen and oxygen atoms in total. The Hall–Kier alpha value is -2.43. The van der Waals surface area contributed by atoms with Crippen molar-refractivity contribution in [1.82, 2.24) is 5.32 Å². The maximum atomic E-state index is 13.0. The number of hydrogen-bond acceptors (Lipinski definition) is 4. The van der Waals surface area contributed by atoms with Crippen molar-refractivity contribution in [2.24, 2.45) is 11.8 Å². The van der Waals surface area contributed by atoms with Gasteiger partial charge in [0.05, 0.1) is 7.11 Å². The molecule has 0 spiro atoms. The largest absolute Gasteiger partial charge is 0.468 e. The first-order chi connectivity index (χ1) is 11.0. The van der Waals surface area contributed by atoms with Crippen LogP contribution in [0, 0.1) is 11.8 Å². The number of ketones is 1. The summed E-state index contributed by atoms with van der Waals surface area (Å²) in [6.45, 7) is 1.83. The van der Waals surface area contributed by atoms with Crippen molar-refractivity contribution in [3.05, 3.63) is 47.2 Å². The number of esters is 1. The molecule has 1 aromatic rings. The summed E-state index contributed by atoms with van der Waals surface area (Å²) in [4.78, 5) is 37.0. The summed E-state index contributed by atoms with van der Waals surface area (Å²) in [5.74, 6) is -2.10. The van der Waals surface area contributed by atoms with E-state index in [-0.39, 0.29) is 29.9 Å². The SMILES string of the molecule is COC(=O)[C@H]1C(=O)C2=C(C[C@@H]1C)NC(=O)C[C@@H]2c1ccccc1. The van der Waals surface area contributed by atoms with Crippen molar-refractivity contribution < 1.29 is 19.1 Å². The molecule has 0 unspecified atom stereocenters. The van der Waals surface area contributed by atoms with E-state index >= 15 is 0 Å². The van der Waals surface area contributed by atoms with E-state index in [1.165, 1.54) is 7.11 Å². The molecule has 1 heterocycles. The minimum Gasteiger partial charge on any atom is -0.468 e. The third-order valence-electron chi connectivity index (χ3n) is 4.65. The number of carbonyl (C=O) groups excluding carboxylic acids is 3. The molecule has 0 saturated heterocycles. The van der Waals surface area contributed by atoms with Gasteiger partial charge in [0.25, 0.3) is 0 Å². The molecule has 0 radical (unpaired) electrons. The lowest BCUT2D eigenvalue weighted by atomic mass is 9.70. The standard InChI is InChI=1S/C18H19NO4/c1-10-8-13-16(17(21)15(10)18(22)23-2)12(9-14(20)19-13)11-6-4-3-5-7-11/h3-7,10,12,15H,8-9H2,1-2H3,(H,19,20)/t10-,12+,15+/m0/s1. The van der Waals surface area contributed by atoms with Crippen molar-refractivity contribution >= 4 is 17.7 Å². The quantitative estimate of drug-likeness (QED) is 0.669. The third kappa shape index (κ3) is 2.67. The van der Waals surface area contributed by atoms with Crippen LogP contribution in [0.25, 0.3) is 0 Å². The van der Waals surface area contributed by atoms with Crippen molar-refractivity contribution in [2.45, 2.75) is 25.7 Å². The number of Topliss-reactive ketones (excluding diaryl/α,β-unsaturated/α-hetero) is 1. The Balaban J connectivity index is 2.07. The maximum Gasteiger partial charge on any atom is 0.316 e. The number of methoxy groups -OCH3 is 1. The summed E-state index contributed by atoms with van der Waals surface area (Å²) in [5.41, 5.74) is 2.14. The zero-order chi connectivity index (χ0) is 16.6. The van der Waals surface area contributed by atoms with E-state index in [4.69, 9.17) is 4.74 Å². The van der Waals surface area contributed by atoms with Gasteiger partial charge in [0.2, 0.25) is 5.91 Å². The molecule has 3 rings (SSSR count). The van der Waals surface area contributed by atoms with Gasteiger partial charge in [-0.25, -0.2) is 0 Å². The molecule has 0 saturated carbocycles. The van der Waals surface area contributed by atoms with Crippen LogP contribution in [-0.4, -0.2) is 24.8 Å². The number of ether oxygens (including phenoxy) is 1. The number of rotatable bonds is 2. The second kappa shape index (κ2) is 5.99. The van der Waals surface area contributed by atoms with Crippen LogP contribution in [-0.2, 0) is 19.1 Å². The predicted molar refractivity (Wildman–Crippen MR) is 83.3 cm³/mol. The van der Waals surface area contributed by atoms with E-state index in [1.807, 2.05) is 37.3 Å². The number of benzene rings is 1. The van der Waals surface area contributed by atoms with Gasteiger partial charge in [-0.2, -0.15) is 0 Å². The predicted octanol–water partition coefficient (Wildman–Crippen LogP) is 1.94. The van der Waals surface area contributed by atoms with Crippen LogP contribution in [0.1, 0.15) is 31.2 Å². The summed E-state index contributed by atoms with van der Waals surface area (Å²) >= 11 is 0. The molecule has 0 fully saturated rings. The van der Waals surface area contributed by atoms with Crippen LogP contribution in [0.3, 0.4) is 0 Å². The van der Waals surface area contributed by atoms with Crippen molar-refractivity contribution in [1.29, 1.82) is 0 Å². The van der Waals surface area contributed by atoms with Gasteiger partial charge in [0, 0.05) is 23.6 Å². The summed E-state index contributed by atoms with van der Waals surface area (Å²) in [6.07, 6.45) is 0.715. The third-order valence-corrected chi connectivity index (χ3v) is 4.65. The molecule has 1 aliphatic carbocycles. The molecular weight excluding hydrogens is 294 g/mol. The minimum atomic E-state index is -0.792. The Morgan fingerprint density at radius 3 is 2.52 bits per heavy atom. The molecule has 5 heteroatoms. The minimum absolute atomic E-state index is 0.0888. The van der Waals surface area contributed by atoms with E-state index in [0.29, 0.717) is 17.7 Å². The van der Waals surface area contributed by atoms with Crippen molar-refractivity contribution in [3.8, 4) is 0 Å². The maximum absolute atomic E-state index is 13.0. The molecule has 1 amide bonds. The second-order valence-corrected chi connectivity index (χ2v) is 6.15. The molecule has 23 heavy (non-hydrogen) atoms. The molecule has 120 valence electrons. The van der Waals surface area contributed by atoms with Crippen LogP contribution >= 0.6 is 0 Å². The Labute approximate surface area is 134 Å².